The van der Waals surface area contributed by atoms with Crippen LogP contribution < -0.4 is 14.8 Å². The Morgan fingerprint density at radius 3 is 2.27 bits per heavy atom. The van der Waals surface area contributed by atoms with Crippen LogP contribution in [0.3, 0.4) is 0 Å². The van der Waals surface area contributed by atoms with Crippen molar-refractivity contribution in [2.24, 2.45) is 0 Å². The topological polar surface area (TPSA) is 55.3 Å². The summed E-state index contributed by atoms with van der Waals surface area (Å²) in [5.41, 5.74) is 1.13. The lowest BCUT2D eigenvalue weighted by molar-refractivity contribution is -0.661. The van der Waals surface area contributed by atoms with Gasteiger partial charge in [0.2, 0.25) is 0 Å². The molecule has 0 saturated carbocycles. The Balaban J connectivity index is 1.81. The van der Waals surface area contributed by atoms with E-state index in [1.807, 2.05) is 59.9 Å². The molecule has 4 heteroatoms. The molecule has 0 fully saturated rings. The van der Waals surface area contributed by atoms with E-state index in [2.05, 4.69) is 0 Å². The number of benzene rings is 2. The average Bonchev–Trinajstić information content (AvgIpc) is 2.54. The number of hydrogen-bond acceptors (Lipinski definition) is 3. The third kappa shape index (κ3) is 5.76. The summed E-state index contributed by atoms with van der Waals surface area (Å²) in [5.74, 6) is 1.51. The van der Waals surface area contributed by atoms with E-state index in [0.29, 0.717) is 19.8 Å². The summed E-state index contributed by atoms with van der Waals surface area (Å²) in [5, 5.41) is 11.2. The molecule has 118 valence electrons. The predicted molar refractivity (Wildman–Crippen MR) is 86.1 cm³/mol. The number of aliphatic hydroxyl groups is 1. The van der Waals surface area contributed by atoms with Crippen molar-refractivity contribution in [3.8, 4) is 11.5 Å². The first-order valence-corrected chi connectivity index (χ1v) is 7.64. The Bertz CT molecular complexity index is 543. The van der Waals surface area contributed by atoms with Crippen molar-refractivity contribution in [3.63, 3.8) is 0 Å². The zero-order valence-electron chi connectivity index (χ0n) is 12.9. The largest absolute Gasteiger partial charge is 0.485 e. The van der Waals surface area contributed by atoms with Gasteiger partial charge in [-0.15, -0.1) is 0 Å². The molecule has 0 unspecified atom stereocenters. The van der Waals surface area contributed by atoms with Crippen LogP contribution in [-0.4, -0.2) is 30.9 Å². The second-order valence-corrected chi connectivity index (χ2v) is 5.23. The second kappa shape index (κ2) is 9.07. The highest BCUT2D eigenvalue weighted by atomic mass is 16.5. The molecule has 0 aromatic heterocycles. The molecule has 2 aromatic carbocycles. The minimum absolute atomic E-state index is 0.290. The van der Waals surface area contributed by atoms with E-state index in [0.717, 1.165) is 23.6 Å². The number of nitrogens with two attached hydrogens (primary N) is 1. The predicted octanol–water partition coefficient (Wildman–Crippen LogP) is 1.59. The highest BCUT2D eigenvalue weighted by Crippen LogP contribution is 2.27. The Hall–Kier alpha value is -2.04. The van der Waals surface area contributed by atoms with Crippen LogP contribution in [0.25, 0.3) is 0 Å². The second-order valence-electron chi connectivity index (χ2n) is 5.23. The lowest BCUT2D eigenvalue weighted by atomic mass is 10.2. The molecule has 1 atom stereocenters. The van der Waals surface area contributed by atoms with Crippen molar-refractivity contribution < 1.29 is 19.9 Å². The minimum atomic E-state index is -0.290. The molecule has 2 rings (SSSR count). The van der Waals surface area contributed by atoms with Gasteiger partial charge in [0.1, 0.15) is 26.3 Å². The Morgan fingerprint density at radius 2 is 1.59 bits per heavy atom. The first-order chi connectivity index (χ1) is 10.8. The number of aliphatic hydroxyl groups excluding tert-OH is 1. The van der Waals surface area contributed by atoms with E-state index in [1.54, 1.807) is 6.92 Å². The molecular weight excluding hydrogens is 278 g/mol. The lowest BCUT2D eigenvalue weighted by Gasteiger charge is -2.12. The van der Waals surface area contributed by atoms with Crippen LogP contribution in [0.1, 0.15) is 12.5 Å². The molecule has 0 radical (unpaired) electrons. The molecule has 0 bridgehead atoms. The molecule has 0 heterocycles. The molecule has 0 aliphatic carbocycles. The molecule has 0 amide bonds. The summed E-state index contributed by atoms with van der Waals surface area (Å²) in [6, 6.07) is 17.8. The van der Waals surface area contributed by atoms with Gasteiger partial charge in [-0.2, -0.15) is 0 Å². The maximum Gasteiger partial charge on any atom is 0.161 e. The van der Waals surface area contributed by atoms with Crippen LogP contribution in [0.4, 0.5) is 0 Å². The normalized spacial score (nSPS) is 11.9. The smallest absolute Gasteiger partial charge is 0.161 e. The van der Waals surface area contributed by atoms with E-state index in [4.69, 9.17) is 9.47 Å². The minimum Gasteiger partial charge on any atom is -0.485 e. The molecule has 4 nitrogen and oxygen atoms in total. The number of hydrogen-bond donors (Lipinski definition) is 2. The van der Waals surface area contributed by atoms with Crippen molar-refractivity contribution in [1.82, 2.24) is 0 Å². The van der Waals surface area contributed by atoms with Crippen LogP contribution in [-0.2, 0) is 6.61 Å². The van der Waals surface area contributed by atoms with Crippen LogP contribution in [0, 0.1) is 0 Å². The van der Waals surface area contributed by atoms with Gasteiger partial charge in [-0.05, 0) is 24.6 Å². The SMILES string of the molecule is C[C@H](O)C[NH2+]CCOc1ccccc1OCc1ccccc1. The standard InChI is InChI=1S/C18H23NO3/c1-15(20)13-19-11-12-21-17-9-5-6-10-18(17)22-14-16-7-3-2-4-8-16/h2-10,15,19-20H,11-14H2,1H3/p+1/t15-/m0/s1. The summed E-state index contributed by atoms with van der Waals surface area (Å²) in [6.45, 7) is 4.38. The van der Waals surface area contributed by atoms with Gasteiger partial charge in [-0.1, -0.05) is 42.5 Å². The molecule has 0 aliphatic heterocycles. The molecule has 22 heavy (non-hydrogen) atoms. The number of ether oxygens (including phenoxy) is 2. The quantitative estimate of drug-likeness (QED) is 0.692. The fourth-order valence-corrected chi connectivity index (χ4v) is 2.04. The fourth-order valence-electron chi connectivity index (χ4n) is 2.04. The summed E-state index contributed by atoms with van der Waals surface area (Å²) in [6.07, 6.45) is -0.290. The summed E-state index contributed by atoms with van der Waals surface area (Å²) < 4.78 is 11.6. The molecule has 0 spiro atoms. The van der Waals surface area contributed by atoms with Gasteiger partial charge in [0.15, 0.2) is 11.5 Å². The highest BCUT2D eigenvalue weighted by Gasteiger charge is 2.05. The van der Waals surface area contributed by atoms with Gasteiger partial charge >= 0.3 is 0 Å². The molecule has 0 aliphatic rings. The fraction of sp³-hybridized carbons (Fsp3) is 0.333. The van der Waals surface area contributed by atoms with Gasteiger partial charge in [0, 0.05) is 0 Å². The van der Waals surface area contributed by atoms with Crippen LogP contribution in [0.5, 0.6) is 11.5 Å². The molecule has 2 aromatic rings. The molecule has 3 N–H and O–H groups in total. The van der Waals surface area contributed by atoms with E-state index < -0.39 is 0 Å². The first kappa shape index (κ1) is 16.3. The first-order valence-electron chi connectivity index (χ1n) is 7.64. The Morgan fingerprint density at radius 1 is 0.955 bits per heavy atom. The molecular formula is C18H24NO3+. The van der Waals surface area contributed by atoms with Crippen LogP contribution in [0.2, 0.25) is 0 Å². The van der Waals surface area contributed by atoms with Crippen molar-refractivity contribution in [1.29, 1.82) is 0 Å². The zero-order chi connectivity index (χ0) is 15.6. The Labute approximate surface area is 131 Å². The van der Waals surface area contributed by atoms with E-state index in [1.165, 1.54) is 0 Å². The Kier molecular flexibility index (Phi) is 6.74. The average molecular weight is 302 g/mol. The highest BCUT2D eigenvalue weighted by molar-refractivity contribution is 5.39. The lowest BCUT2D eigenvalue weighted by Crippen LogP contribution is -2.87. The number of quaternary nitrogens is 1. The summed E-state index contributed by atoms with van der Waals surface area (Å²) >= 11 is 0. The third-order valence-corrected chi connectivity index (χ3v) is 3.17. The van der Waals surface area contributed by atoms with Crippen LogP contribution >= 0.6 is 0 Å². The van der Waals surface area contributed by atoms with Gasteiger partial charge < -0.3 is 19.9 Å². The zero-order valence-corrected chi connectivity index (χ0v) is 12.9. The molecule has 0 saturated heterocycles. The van der Waals surface area contributed by atoms with Gasteiger partial charge in [-0.25, -0.2) is 0 Å². The van der Waals surface area contributed by atoms with Crippen molar-refractivity contribution >= 4 is 0 Å². The van der Waals surface area contributed by atoms with Crippen LogP contribution in [0.15, 0.2) is 54.6 Å². The van der Waals surface area contributed by atoms with E-state index in [9.17, 15) is 5.11 Å². The monoisotopic (exact) mass is 302 g/mol. The van der Waals surface area contributed by atoms with Crippen molar-refractivity contribution in [2.75, 3.05) is 19.7 Å². The maximum atomic E-state index is 9.20. The van der Waals surface area contributed by atoms with Gasteiger partial charge in [0.25, 0.3) is 0 Å². The van der Waals surface area contributed by atoms with E-state index >= 15 is 0 Å². The number of rotatable bonds is 9. The van der Waals surface area contributed by atoms with Crippen molar-refractivity contribution in [2.45, 2.75) is 19.6 Å². The summed E-state index contributed by atoms with van der Waals surface area (Å²) in [4.78, 5) is 0. The van der Waals surface area contributed by atoms with Gasteiger partial charge in [0.05, 0.1) is 6.10 Å². The third-order valence-electron chi connectivity index (χ3n) is 3.17. The number of para-hydroxylation sites is 2. The van der Waals surface area contributed by atoms with Gasteiger partial charge in [-0.3, -0.25) is 0 Å². The van der Waals surface area contributed by atoms with Crippen molar-refractivity contribution in [3.05, 3.63) is 60.2 Å². The van der Waals surface area contributed by atoms with E-state index in [-0.39, 0.29) is 6.10 Å². The summed E-state index contributed by atoms with van der Waals surface area (Å²) in [7, 11) is 0. The maximum absolute atomic E-state index is 9.20.